The third kappa shape index (κ3) is 0.626. The zero-order chi connectivity index (χ0) is 7.41. The van der Waals surface area contributed by atoms with Crippen LogP contribution < -0.4 is 0 Å². The SMILES string of the molecule is CC1=CC2(O)SC2(O)C=C1. The molecule has 1 aliphatic carbocycles. The Hall–Kier alpha value is -0.250. The van der Waals surface area contributed by atoms with E-state index in [-0.39, 0.29) is 0 Å². The maximum absolute atomic E-state index is 9.46. The maximum atomic E-state index is 9.46. The van der Waals surface area contributed by atoms with E-state index in [1.54, 1.807) is 12.2 Å². The summed E-state index contributed by atoms with van der Waals surface area (Å²) in [5, 5.41) is 18.9. The Morgan fingerprint density at radius 1 is 1.40 bits per heavy atom. The summed E-state index contributed by atoms with van der Waals surface area (Å²) in [6.45, 7) is 1.90. The van der Waals surface area contributed by atoms with Gasteiger partial charge in [0.15, 0.2) is 9.87 Å². The third-order valence-corrected chi connectivity index (χ3v) is 3.07. The summed E-state index contributed by atoms with van der Waals surface area (Å²) >= 11 is 1.16. The van der Waals surface area contributed by atoms with Crippen molar-refractivity contribution in [3.63, 3.8) is 0 Å². The molecule has 54 valence electrons. The van der Waals surface area contributed by atoms with Crippen molar-refractivity contribution in [2.75, 3.05) is 0 Å². The second-order valence-electron chi connectivity index (χ2n) is 2.72. The van der Waals surface area contributed by atoms with Crippen LogP contribution in [-0.4, -0.2) is 20.1 Å². The van der Waals surface area contributed by atoms with Crippen LogP contribution in [0.5, 0.6) is 0 Å². The van der Waals surface area contributed by atoms with Crippen molar-refractivity contribution in [2.24, 2.45) is 0 Å². The molecule has 0 aromatic rings. The van der Waals surface area contributed by atoms with Gasteiger partial charge in [-0.2, -0.15) is 0 Å². The van der Waals surface area contributed by atoms with E-state index in [1.807, 2.05) is 13.0 Å². The van der Waals surface area contributed by atoms with Crippen molar-refractivity contribution in [1.82, 2.24) is 0 Å². The Balaban J connectivity index is 2.40. The Bertz CT molecular complexity index is 246. The van der Waals surface area contributed by atoms with Crippen molar-refractivity contribution in [2.45, 2.75) is 16.8 Å². The molecule has 1 heterocycles. The van der Waals surface area contributed by atoms with Gasteiger partial charge in [-0.3, -0.25) is 0 Å². The van der Waals surface area contributed by atoms with E-state index < -0.39 is 9.87 Å². The molecular formula is C7H8O2S. The summed E-state index contributed by atoms with van der Waals surface area (Å²) in [5.41, 5.74) is 0.997. The molecule has 2 N–H and O–H groups in total. The van der Waals surface area contributed by atoms with Crippen molar-refractivity contribution in [1.29, 1.82) is 0 Å². The van der Waals surface area contributed by atoms with Crippen LogP contribution in [0.15, 0.2) is 23.8 Å². The van der Waals surface area contributed by atoms with Gasteiger partial charge in [0.1, 0.15) is 0 Å². The number of hydrogen-bond acceptors (Lipinski definition) is 3. The number of fused-ring (bicyclic) bond motifs is 1. The summed E-state index contributed by atoms with van der Waals surface area (Å²) in [5.74, 6) is 0. The summed E-state index contributed by atoms with van der Waals surface area (Å²) in [4.78, 5) is -2.04. The van der Waals surface area contributed by atoms with E-state index in [4.69, 9.17) is 0 Å². The Kier molecular flexibility index (Phi) is 0.966. The summed E-state index contributed by atoms with van der Waals surface area (Å²) in [6, 6.07) is 0. The lowest BCUT2D eigenvalue weighted by Crippen LogP contribution is -2.23. The van der Waals surface area contributed by atoms with E-state index in [9.17, 15) is 10.2 Å². The molecule has 1 fully saturated rings. The van der Waals surface area contributed by atoms with Gasteiger partial charge in [-0.25, -0.2) is 0 Å². The van der Waals surface area contributed by atoms with Crippen LogP contribution in [0.4, 0.5) is 0 Å². The molecule has 0 aromatic heterocycles. The first-order valence-electron chi connectivity index (χ1n) is 3.09. The Labute approximate surface area is 63.2 Å². The molecule has 1 saturated heterocycles. The average molecular weight is 156 g/mol. The van der Waals surface area contributed by atoms with Gasteiger partial charge < -0.3 is 10.2 Å². The predicted molar refractivity (Wildman–Crippen MR) is 40.4 cm³/mol. The summed E-state index contributed by atoms with van der Waals surface area (Å²) < 4.78 is 0. The second-order valence-corrected chi connectivity index (χ2v) is 4.17. The first-order chi connectivity index (χ1) is 4.56. The fourth-order valence-electron chi connectivity index (χ4n) is 1.10. The van der Waals surface area contributed by atoms with Gasteiger partial charge in [0.25, 0.3) is 0 Å². The van der Waals surface area contributed by atoms with Gasteiger partial charge in [-0.1, -0.05) is 23.4 Å². The zero-order valence-electron chi connectivity index (χ0n) is 5.53. The quantitative estimate of drug-likeness (QED) is 0.505. The minimum Gasteiger partial charge on any atom is -0.372 e. The topological polar surface area (TPSA) is 40.5 Å². The lowest BCUT2D eigenvalue weighted by Gasteiger charge is -2.10. The van der Waals surface area contributed by atoms with Gasteiger partial charge in [-0.05, 0) is 19.1 Å². The monoisotopic (exact) mass is 156 g/mol. The maximum Gasteiger partial charge on any atom is 0.175 e. The van der Waals surface area contributed by atoms with Crippen LogP contribution in [0.2, 0.25) is 0 Å². The number of rotatable bonds is 0. The van der Waals surface area contributed by atoms with Crippen LogP contribution in [0.3, 0.4) is 0 Å². The molecule has 2 aliphatic rings. The Morgan fingerprint density at radius 2 is 2.10 bits per heavy atom. The molecule has 2 rings (SSSR count). The van der Waals surface area contributed by atoms with E-state index in [0.29, 0.717) is 0 Å². The van der Waals surface area contributed by atoms with E-state index in [2.05, 4.69) is 0 Å². The molecule has 0 amide bonds. The van der Waals surface area contributed by atoms with Gasteiger partial charge in [0, 0.05) is 0 Å². The van der Waals surface area contributed by atoms with Crippen molar-refractivity contribution < 1.29 is 10.2 Å². The molecule has 2 nitrogen and oxygen atoms in total. The number of thioether (sulfide) groups is 1. The molecule has 0 aromatic carbocycles. The molecule has 2 unspecified atom stereocenters. The fourth-order valence-corrected chi connectivity index (χ4v) is 2.03. The molecule has 0 bridgehead atoms. The van der Waals surface area contributed by atoms with Gasteiger partial charge in [-0.15, -0.1) is 0 Å². The fraction of sp³-hybridized carbons (Fsp3) is 0.429. The molecule has 0 saturated carbocycles. The molecule has 1 aliphatic heterocycles. The van der Waals surface area contributed by atoms with E-state index >= 15 is 0 Å². The van der Waals surface area contributed by atoms with E-state index in [0.717, 1.165) is 17.3 Å². The largest absolute Gasteiger partial charge is 0.372 e. The van der Waals surface area contributed by atoms with E-state index in [1.165, 1.54) is 0 Å². The van der Waals surface area contributed by atoms with Crippen LogP contribution in [-0.2, 0) is 0 Å². The molecular weight excluding hydrogens is 148 g/mol. The summed E-state index contributed by atoms with van der Waals surface area (Å²) in [6.07, 6.45) is 5.12. The average Bonchev–Trinajstić information content (AvgIpc) is 2.33. The second kappa shape index (κ2) is 1.49. The highest BCUT2D eigenvalue weighted by Gasteiger charge is 2.66. The van der Waals surface area contributed by atoms with Crippen LogP contribution in [0, 0.1) is 0 Å². The number of allylic oxidation sites excluding steroid dienone is 2. The number of aliphatic hydroxyl groups is 2. The Morgan fingerprint density at radius 3 is 2.60 bits per heavy atom. The van der Waals surface area contributed by atoms with Crippen molar-refractivity contribution in [3.05, 3.63) is 23.8 Å². The zero-order valence-corrected chi connectivity index (χ0v) is 6.35. The molecule has 3 heteroatoms. The third-order valence-electron chi connectivity index (χ3n) is 1.78. The first-order valence-corrected chi connectivity index (χ1v) is 3.91. The van der Waals surface area contributed by atoms with Gasteiger partial charge >= 0.3 is 0 Å². The molecule has 0 radical (unpaired) electrons. The van der Waals surface area contributed by atoms with Crippen LogP contribution >= 0.6 is 11.8 Å². The molecule has 0 spiro atoms. The molecule has 10 heavy (non-hydrogen) atoms. The standard InChI is InChI=1S/C7H8O2S/c1-5-2-3-6(8)7(9,4-5)10-6/h2-4,8-9H,1H3. The minimum atomic E-state index is -1.02. The first kappa shape index (κ1) is 6.46. The van der Waals surface area contributed by atoms with Gasteiger partial charge in [0.2, 0.25) is 0 Å². The van der Waals surface area contributed by atoms with Crippen LogP contribution in [0.25, 0.3) is 0 Å². The van der Waals surface area contributed by atoms with Crippen LogP contribution in [0.1, 0.15) is 6.92 Å². The number of hydrogen-bond donors (Lipinski definition) is 2. The minimum absolute atomic E-state index is 0.997. The predicted octanol–water partition coefficient (Wildman–Crippen LogP) is 0.627. The van der Waals surface area contributed by atoms with Crippen molar-refractivity contribution in [3.8, 4) is 0 Å². The van der Waals surface area contributed by atoms with Gasteiger partial charge in [0.05, 0.1) is 0 Å². The lowest BCUT2D eigenvalue weighted by molar-refractivity contribution is 0.0787. The van der Waals surface area contributed by atoms with Crippen molar-refractivity contribution >= 4 is 11.8 Å². The summed E-state index contributed by atoms with van der Waals surface area (Å²) in [7, 11) is 0. The normalized spacial score (nSPS) is 50.1. The highest BCUT2D eigenvalue weighted by atomic mass is 32.2. The lowest BCUT2D eigenvalue weighted by atomic mass is 10.0. The highest BCUT2D eigenvalue weighted by molar-refractivity contribution is 8.09. The molecule has 2 atom stereocenters. The highest BCUT2D eigenvalue weighted by Crippen LogP contribution is 2.63. The smallest absolute Gasteiger partial charge is 0.175 e.